The van der Waals surface area contributed by atoms with Crippen LogP contribution in [0, 0.1) is 5.92 Å². The largest absolute Gasteiger partial charge is 0.396 e. The molecule has 1 aliphatic carbocycles. The summed E-state index contributed by atoms with van der Waals surface area (Å²) < 4.78 is 0. The van der Waals surface area contributed by atoms with E-state index in [1.165, 1.54) is 6.42 Å². The third kappa shape index (κ3) is 3.50. The van der Waals surface area contributed by atoms with Crippen molar-refractivity contribution in [1.82, 2.24) is 5.32 Å². The normalized spacial score (nSPS) is 27.3. The maximum Gasteiger partial charge on any atom is 0.221 e. The van der Waals surface area contributed by atoms with Gasteiger partial charge in [-0.05, 0) is 18.6 Å². The van der Waals surface area contributed by atoms with Crippen molar-refractivity contribution in [2.45, 2.75) is 38.1 Å². The van der Waals surface area contributed by atoms with Crippen molar-refractivity contribution in [2.75, 3.05) is 12.4 Å². The Morgan fingerprint density at radius 1 is 1.43 bits per heavy atom. The number of carbonyl (C=O) groups excluding carboxylic acids is 1. The monoisotopic (exact) mass is 217 g/mol. The van der Waals surface area contributed by atoms with Gasteiger partial charge in [-0.15, -0.1) is 0 Å². The van der Waals surface area contributed by atoms with E-state index in [9.17, 15) is 4.79 Å². The van der Waals surface area contributed by atoms with Crippen molar-refractivity contribution in [3.63, 3.8) is 0 Å². The molecule has 2 atom stereocenters. The van der Waals surface area contributed by atoms with Crippen LogP contribution in [0.4, 0.5) is 0 Å². The molecule has 0 bridgehead atoms. The molecule has 1 fully saturated rings. The lowest BCUT2D eigenvalue weighted by Gasteiger charge is -2.30. The molecular weight excluding hydrogens is 198 g/mol. The second-order valence-corrected chi connectivity index (χ2v) is 4.32. The van der Waals surface area contributed by atoms with Gasteiger partial charge in [0.1, 0.15) is 0 Å². The molecule has 0 aliphatic heterocycles. The number of aliphatic hydroxyl groups excluding tert-OH is 1. The minimum absolute atomic E-state index is 0.0605. The fourth-order valence-electron chi connectivity index (χ4n) is 2.00. The van der Waals surface area contributed by atoms with Crippen molar-refractivity contribution in [3.05, 3.63) is 0 Å². The highest BCUT2D eigenvalue weighted by atomic mass is 32.1. The van der Waals surface area contributed by atoms with E-state index in [0.717, 1.165) is 19.3 Å². The van der Waals surface area contributed by atoms with Gasteiger partial charge in [0, 0.05) is 25.0 Å². The zero-order valence-electron chi connectivity index (χ0n) is 8.41. The van der Waals surface area contributed by atoms with Crippen LogP contribution in [0.1, 0.15) is 32.1 Å². The number of hydrogen-bond donors (Lipinski definition) is 3. The third-order valence-electron chi connectivity index (χ3n) is 2.83. The molecular formula is C10H19NO2S. The molecule has 2 unspecified atom stereocenters. The number of rotatable bonds is 4. The average molecular weight is 217 g/mol. The second kappa shape index (κ2) is 6.30. The Morgan fingerprint density at radius 2 is 2.14 bits per heavy atom. The van der Waals surface area contributed by atoms with E-state index in [1.54, 1.807) is 0 Å². The fourth-order valence-corrected chi connectivity index (χ4v) is 2.20. The Labute approximate surface area is 90.7 Å². The molecule has 0 aromatic rings. The molecule has 1 rings (SSSR count). The molecule has 14 heavy (non-hydrogen) atoms. The van der Waals surface area contributed by atoms with Crippen molar-refractivity contribution in [2.24, 2.45) is 5.92 Å². The molecule has 0 radical (unpaired) electrons. The van der Waals surface area contributed by atoms with Gasteiger partial charge in [0.15, 0.2) is 0 Å². The maximum absolute atomic E-state index is 11.3. The topological polar surface area (TPSA) is 49.3 Å². The molecule has 0 spiro atoms. The van der Waals surface area contributed by atoms with Crippen LogP contribution in [-0.4, -0.2) is 29.4 Å². The lowest BCUT2D eigenvalue weighted by Crippen LogP contribution is -2.43. The van der Waals surface area contributed by atoms with Crippen molar-refractivity contribution in [1.29, 1.82) is 0 Å². The molecule has 1 amide bonds. The zero-order valence-corrected chi connectivity index (χ0v) is 9.30. The Bertz CT molecular complexity index is 187. The van der Waals surface area contributed by atoms with Crippen LogP contribution in [0.2, 0.25) is 0 Å². The minimum Gasteiger partial charge on any atom is -0.396 e. The number of aliphatic hydroxyl groups is 1. The summed E-state index contributed by atoms with van der Waals surface area (Å²) in [5.41, 5.74) is 0. The summed E-state index contributed by atoms with van der Waals surface area (Å²) >= 11 is 4.01. The molecule has 4 heteroatoms. The fraction of sp³-hybridized carbons (Fsp3) is 0.900. The van der Waals surface area contributed by atoms with E-state index in [1.807, 2.05) is 0 Å². The van der Waals surface area contributed by atoms with E-state index < -0.39 is 0 Å². The molecule has 0 aromatic carbocycles. The average Bonchev–Trinajstić information content (AvgIpc) is 2.19. The highest BCUT2D eigenvalue weighted by Crippen LogP contribution is 2.23. The van der Waals surface area contributed by atoms with Gasteiger partial charge in [-0.2, -0.15) is 12.6 Å². The van der Waals surface area contributed by atoms with Crippen LogP contribution < -0.4 is 5.32 Å². The van der Waals surface area contributed by atoms with Crippen LogP contribution in [0.15, 0.2) is 0 Å². The van der Waals surface area contributed by atoms with Crippen LogP contribution in [0.3, 0.4) is 0 Å². The zero-order chi connectivity index (χ0) is 10.4. The van der Waals surface area contributed by atoms with Crippen LogP contribution in [0.25, 0.3) is 0 Å². The van der Waals surface area contributed by atoms with Gasteiger partial charge in [-0.1, -0.05) is 12.8 Å². The highest BCUT2D eigenvalue weighted by Gasteiger charge is 2.25. The first-order valence-electron chi connectivity index (χ1n) is 5.29. The van der Waals surface area contributed by atoms with Gasteiger partial charge in [-0.25, -0.2) is 0 Å². The van der Waals surface area contributed by atoms with Crippen molar-refractivity contribution >= 4 is 18.5 Å². The Kier molecular flexibility index (Phi) is 5.33. The summed E-state index contributed by atoms with van der Waals surface area (Å²) in [5.74, 6) is 0.903. The van der Waals surface area contributed by atoms with Gasteiger partial charge < -0.3 is 10.4 Å². The lowest BCUT2D eigenvalue weighted by atomic mass is 9.85. The SMILES string of the molecule is O=C(CCS)NC1CCCCC1CO. The van der Waals surface area contributed by atoms with E-state index in [2.05, 4.69) is 17.9 Å². The molecule has 0 heterocycles. The molecule has 0 aromatic heterocycles. The molecule has 0 saturated heterocycles. The van der Waals surface area contributed by atoms with Crippen LogP contribution in [-0.2, 0) is 4.79 Å². The number of carbonyl (C=O) groups is 1. The number of nitrogens with one attached hydrogen (secondary N) is 1. The minimum atomic E-state index is 0.0605. The maximum atomic E-state index is 11.3. The standard InChI is InChI=1S/C10H19NO2S/c12-7-8-3-1-2-4-9(8)11-10(13)5-6-14/h8-9,12,14H,1-7H2,(H,11,13). The van der Waals surface area contributed by atoms with Crippen LogP contribution in [0.5, 0.6) is 0 Å². The molecule has 2 N–H and O–H groups in total. The summed E-state index contributed by atoms with van der Waals surface area (Å²) in [6.45, 7) is 0.186. The number of thiol groups is 1. The first-order valence-corrected chi connectivity index (χ1v) is 5.92. The van der Waals surface area contributed by atoms with E-state index in [4.69, 9.17) is 5.11 Å². The Hall–Kier alpha value is -0.220. The summed E-state index contributed by atoms with van der Waals surface area (Å²) in [5, 5.41) is 12.1. The van der Waals surface area contributed by atoms with Gasteiger partial charge >= 0.3 is 0 Å². The lowest BCUT2D eigenvalue weighted by molar-refractivity contribution is -0.122. The predicted molar refractivity (Wildman–Crippen MR) is 59.4 cm³/mol. The predicted octanol–water partition coefficient (Wildman–Crippen LogP) is 0.974. The van der Waals surface area contributed by atoms with Crippen molar-refractivity contribution < 1.29 is 9.90 Å². The summed E-state index contributed by atoms with van der Waals surface area (Å²) in [7, 11) is 0. The van der Waals surface area contributed by atoms with Crippen molar-refractivity contribution in [3.8, 4) is 0 Å². The molecule has 82 valence electrons. The van der Waals surface area contributed by atoms with E-state index in [0.29, 0.717) is 12.2 Å². The molecule has 3 nitrogen and oxygen atoms in total. The summed E-state index contributed by atoms with van der Waals surface area (Å²) in [6, 6.07) is 0.182. The molecule has 1 saturated carbocycles. The van der Waals surface area contributed by atoms with E-state index in [-0.39, 0.29) is 24.5 Å². The van der Waals surface area contributed by atoms with E-state index >= 15 is 0 Å². The number of hydrogen-bond acceptors (Lipinski definition) is 3. The Morgan fingerprint density at radius 3 is 2.79 bits per heavy atom. The summed E-state index contributed by atoms with van der Waals surface area (Å²) in [4.78, 5) is 11.3. The summed E-state index contributed by atoms with van der Waals surface area (Å²) in [6.07, 6.45) is 4.83. The first-order chi connectivity index (χ1) is 6.77. The Balaban J connectivity index is 2.36. The van der Waals surface area contributed by atoms with Gasteiger partial charge in [0.25, 0.3) is 0 Å². The molecule has 1 aliphatic rings. The third-order valence-corrected chi connectivity index (χ3v) is 3.05. The number of amides is 1. The van der Waals surface area contributed by atoms with Gasteiger partial charge in [0.2, 0.25) is 5.91 Å². The quantitative estimate of drug-likeness (QED) is 0.615. The van der Waals surface area contributed by atoms with Crippen LogP contribution >= 0.6 is 12.6 Å². The van der Waals surface area contributed by atoms with Gasteiger partial charge in [0.05, 0.1) is 0 Å². The second-order valence-electron chi connectivity index (χ2n) is 3.87. The highest BCUT2D eigenvalue weighted by molar-refractivity contribution is 7.80. The van der Waals surface area contributed by atoms with Gasteiger partial charge in [-0.3, -0.25) is 4.79 Å². The first kappa shape index (κ1) is 11.9. The smallest absolute Gasteiger partial charge is 0.221 e.